The van der Waals surface area contributed by atoms with E-state index < -0.39 is 0 Å². The summed E-state index contributed by atoms with van der Waals surface area (Å²) >= 11 is 5.08. The van der Waals surface area contributed by atoms with E-state index in [2.05, 4.69) is 37.6 Å². The summed E-state index contributed by atoms with van der Waals surface area (Å²) in [4.78, 5) is 7.28. The largest absolute Gasteiger partial charge is 0.389 e. The van der Waals surface area contributed by atoms with Gasteiger partial charge in [0.15, 0.2) is 0 Å². The first-order valence-electron chi connectivity index (χ1n) is 6.82. The lowest BCUT2D eigenvalue weighted by molar-refractivity contribution is -0.133. The molecule has 0 saturated carbocycles. The maximum Gasteiger partial charge on any atom is 0.129 e. The minimum atomic E-state index is -0.212. The molecule has 0 unspecified atom stereocenters. The monoisotopic (exact) mass is 293 g/mol. The van der Waals surface area contributed by atoms with Gasteiger partial charge in [-0.1, -0.05) is 12.2 Å². The number of hydrogen-bond acceptors (Lipinski definition) is 4. The molecule has 1 aliphatic heterocycles. The van der Waals surface area contributed by atoms with Crippen molar-refractivity contribution in [2.24, 2.45) is 5.73 Å². The van der Waals surface area contributed by atoms with Crippen molar-refractivity contribution < 1.29 is 4.74 Å². The Hall–Kier alpha value is -1.20. The number of nitrogens with two attached hydrogens (primary N) is 1. The van der Waals surface area contributed by atoms with Crippen LogP contribution in [0.25, 0.3) is 0 Å². The van der Waals surface area contributed by atoms with Crippen molar-refractivity contribution in [1.82, 2.24) is 4.98 Å². The summed E-state index contributed by atoms with van der Waals surface area (Å²) in [6.45, 7) is 12.0. The van der Waals surface area contributed by atoms with Crippen LogP contribution in [0.4, 0.5) is 5.82 Å². The summed E-state index contributed by atoms with van der Waals surface area (Å²) < 4.78 is 6.10. The molecule has 1 aliphatic rings. The van der Waals surface area contributed by atoms with Crippen LogP contribution in [0, 0.1) is 6.92 Å². The highest BCUT2D eigenvalue weighted by Gasteiger charge is 2.38. The predicted molar refractivity (Wildman–Crippen MR) is 86.3 cm³/mol. The molecule has 110 valence electrons. The van der Waals surface area contributed by atoms with Gasteiger partial charge in [-0.2, -0.15) is 0 Å². The Morgan fingerprint density at radius 1 is 1.25 bits per heavy atom. The third kappa shape index (κ3) is 3.46. The summed E-state index contributed by atoms with van der Waals surface area (Å²) in [7, 11) is 0. The van der Waals surface area contributed by atoms with Crippen molar-refractivity contribution in [2.75, 3.05) is 18.0 Å². The Labute approximate surface area is 126 Å². The molecule has 2 N–H and O–H groups in total. The van der Waals surface area contributed by atoms with Gasteiger partial charge in [-0.25, -0.2) is 4.98 Å². The Balaban J connectivity index is 2.38. The summed E-state index contributed by atoms with van der Waals surface area (Å²) in [5.41, 5.74) is 7.11. The molecule has 0 aliphatic carbocycles. The van der Waals surface area contributed by atoms with E-state index in [0.29, 0.717) is 4.99 Å². The van der Waals surface area contributed by atoms with Crippen LogP contribution >= 0.6 is 12.2 Å². The second-order valence-corrected chi connectivity index (χ2v) is 7.14. The fourth-order valence-electron chi connectivity index (χ4n) is 2.90. The Morgan fingerprint density at radius 2 is 1.80 bits per heavy atom. The Morgan fingerprint density at radius 3 is 2.30 bits per heavy atom. The minimum Gasteiger partial charge on any atom is -0.389 e. The number of anilines is 1. The number of thiocarbonyl (C=S) groups is 1. The van der Waals surface area contributed by atoms with Crippen molar-refractivity contribution in [3.05, 3.63) is 23.4 Å². The van der Waals surface area contributed by atoms with E-state index in [9.17, 15) is 0 Å². The number of hydrogen-bond donors (Lipinski definition) is 1. The lowest BCUT2D eigenvalue weighted by Crippen LogP contribution is -2.57. The SMILES string of the molecule is Cc1cc(C(N)=S)cc(N2CC(C)(C)OC(C)(C)C2)n1. The second-order valence-electron chi connectivity index (χ2n) is 6.70. The maximum absolute atomic E-state index is 6.10. The number of morpholine rings is 1. The molecule has 2 rings (SSSR count). The quantitative estimate of drug-likeness (QED) is 0.849. The van der Waals surface area contributed by atoms with Crippen LogP contribution < -0.4 is 10.6 Å². The zero-order valence-electron chi connectivity index (χ0n) is 12.9. The van der Waals surface area contributed by atoms with Crippen LogP contribution in [0.2, 0.25) is 0 Å². The summed E-state index contributed by atoms with van der Waals surface area (Å²) in [5, 5.41) is 0. The smallest absolute Gasteiger partial charge is 0.129 e. The topological polar surface area (TPSA) is 51.4 Å². The standard InChI is InChI=1S/C15H23N3OS/c1-10-6-11(13(16)20)7-12(17-10)18-8-14(2,3)19-15(4,5)9-18/h6-7H,8-9H2,1-5H3,(H2,16,20). The number of nitrogens with zero attached hydrogens (tertiary/aromatic N) is 2. The van der Waals surface area contributed by atoms with Crippen molar-refractivity contribution in [1.29, 1.82) is 0 Å². The first-order valence-corrected chi connectivity index (χ1v) is 7.22. The fraction of sp³-hybridized carbons (Fsp3) is 0.600. The first kappa shape index (κ1) is 15.2. The summed E-state index contributed by atoms with van der Waals surface area (Å²) in [6.07, 6.45) is 0. The molecule has 0 radical (unpaired) electrons. The van der Waals surface area contributed by atoms with Gasteiger partial charge < -0.3 is 15.4 Å². The molecule has 0 spiro atoms. The molecular formula is C15H23N3OS. The third-order valence-electron chi connectivity index (χ3n) is 3.24. The van der Waals surface area contributed by atoms with Gasteiger partial charge in [-0.15, -0.1) is 0 Å². The molecule has 0 aromatic carbocycles. The van der Waals surface area contributed by atoms with Crippen LogP contribution in [0.1, 0.15) is 39.0 Å². The second kappa shape index (κ2) is 4.97. The normalized spacial score (nSPS) is 20.8. The van der Waals surface area contributed by atoms with Gasteiger partial charge in [0.2, 0.25) is 0 Å². The van der Waals surface area contributed by atoms with E-state index in [1.165, 1.54) is 0 Å². The van der Waals surface area contributed by atoms with Gasteiger partial charge in [-0.05, 0) is 46.8 Å². The number of pyridine rings is 1. The maximum atomic E-state index is 6.10. The highest BCUT2D eigenvalue weighted by Crippen LogP contribution is 2.31. The van der Waals surface area contributed by atoms with E-state index in [-0.39, 0.29) is 11.2 Å². The molecule has 1 fully saturated rings. The summed E-state index contributed by atoms with van der Waals surface area (Å²) in [5.74, 6) is 0.914. The van der Waals surface area contributed by atoms with E-state index in [4.69, 9.17) is 22.7 Å². The van der Waals surface area contributed by atoms with Gasteiger partial charge in [0.25, 0.3) is 0 Å². The van der Waals surface area contributed by atoms with Crippen LogP contribution in [0.5, 0.6) is 0 Å². The predicted octanol–water partition coefficient (Wildman–Crippen LogP) is 2.42. The highest BCUT2D eigenvalue weighted by molar-refractivity contribution is 7.80. The number of aromatic nitrogens is 1. The Kier molecular flexibility index (Phi) is 3.77. The fourth-order valence-corrected chi connectivity index (χ4v) is 3.02. The van der Waals surface area contributed by atoms with E-state index >= 15 is 0 Å². The average Bonchev–Trinajstić information content (AvgIpc) is 2.23. The van der Waals surface area contributed by atoms with Crippen molar-refractivity contribution in [2.45, 2.75) is 45.8 Å². The molecule has 0 amide bonds. The zero-order valence-corrected chi connectivity index (χ0v) is 13.7. The lowest BCUT2D eigenvalue weighted by Gasteiger charge is -2.47. The van der Waals surface area contributed by atoms with Crippen LogP contribution in [-0.2, 0) is 4.74 Å². The van der Waals surface area contributed by atoms with Crippen LogP contribution in [-0.4, -0.2) is 34.3 Å². The molecule has 4 nitrogen and oxygen atoms in total. The third-order valence-corrected chi connectivity index (χ3v) is 3.48. The van der Waals surface area contributed by atoms with Gasteiger partial charge in [0, 0.05) is 24.3 Å². The van der Waals surface area contributed by atoms with Gasteiger partial charge in [0.1, 0.15) is 10.8 Å². The van der Waals surface area contributed by atoms with Gasteiger partial charge >= 0.3 is 0 Å². The molecular weight excluding hydrogens is 270 g/mol. The van der Waals surface area contributed by atoms with E-state index in [0.717, 1.165) is 30.2 Å². The molecule has 1 aromatic rings. The highest BCUT2D eigenvalue weighted by atomic mass is 32.1. The average molecular weight is 293 g/mol. The van der Waals surface area contributed by atoms with Crippen molar-refractivity contribution in [3.8, 4) is 0 Å². The van der Waals surface area contributed by atoms with Gasteiger partial charge in [-0.3, -0.25) is 0 Å². The van der Waals surface area contributed by atoms with Gasteiger partial charge in [0.05, 0.1) is 11.2 Å². The van der Waals surface area contributed by atoms with Crippen LogP contribution in [0.15, 0.2) is 12.1 Å². The zero-order chi connectivity index (χ0) is 15.1. The number of rotatable bonds is 2. The molecule has 5 heteroatoms. The van der Waals surface area contributed by atoms with Crippen molar-refractivity contribution >= 4 is 23.0 Å². The van der Waals surface area contributed by atoms with Crippen LogP contribution in [0.3, 0.4) is 0 Å². The molecule has 0 atom stereocenters. The first-order chi connectivity index (χ1) is 9.08. The lowest BCUT2D eigenvalue weighted by atomic mass is 9.99. The van der Waals surface area contributed by atoms with E-state index in [1.807, 2.05) is 19.1 Å². The minimum absolute atomic E-state index is 0.212. The molecule has 20 heavy (non-hydrogen) atoms. The van der Waals surface area contributed by atoms with Crippen molar-refractivity contribution in [3.63, 3.8) is 0 Å². The molecule has 2 heterocycles. The van der Waals surface area contributed by atoms with E-state index in [1.54, 1.807) is 0 Å². The molecule has 1 saturated heterocycles. The Bertz CT molecular complexity index is 524. The summed E-state index contributed by atoms with van der Waals surface area (Å²) in [6, 6.07) is 3.88. The number of ether oxygens (including phenoxy) is 1. The number of aryl methyl sites for hydroxylation is 1. The molecule has 0 bridgehead atoms. The molecule has 1 aromatic heterocycles.